The minimum Gasteiger partial charge on any atom is -0.329 e. The molecule has 0 aliphatic carbocycles. The highest BCUT2D eigenvalue weighted by Gasteiger charge is 2.40. The zero-order valence-corrected chi connectivity index (χ0v) is 13.5. The van der Waals surface area contributed by atoms with Crippen molar-refractivity contribution in [3.8, 4) is 0 Å². The third-order valence-electron chi connectivity index (χ3n) is 5.31. The molecule has 0 aromatic rings. The molecule has 122 valence electrons. The van der Waals surface area contributed by atoms with E-state index in [0.717, 1.165) is 45.2 Å². The van der Waals surface area contributed by atoms with Crippen LogP contribution in [0.5, 0.6) is 0 Å². The molecular formula is C14H28N4O2S. The predicted octanol–water partition coefficient (Wildman–Crippen LogP) is 0.261. The Balaban J connectivity index is 1.67. The number of hydrogen-bond donors (Lipinski definition) is 2. The molecule has 0 aromatic heterocycles. The van der Waals surface area contributed by atoms with E-state index in [4.69, 9.17) is 5.73 Å². The summed E-state index contributed by atoms with van der Waals surface area (Å²) in [4.78, 5) is 2.45. The molecule has 3 N–H and O–H groups in total. The van der Waals surface area contributed by atoms with E-state index in [0.29, 0.717) is 19.1 Å². The summed E-state index contributed by atoms with van der Waals surface area (Å²) in [5.74, 6) is 0. The van der Waals surface area contributed by atoms with Crippen LogP contribution in [-0.2, 0) is 10.2 Å². The van der Waals surface area contributed by atoms with Gasteiger partial charge in [-0.25, -0.2) is 0 Å². The fourth-order valence-electron chi connectivity index (χ4n) is 4.17. The van der Waals surface area contributed by atoms with Gasteiger partial charge < -0.3 is 5.73 Å². The monoisotopic (exact) mass is 316 g/mol. The van der Waals surface area contributed by atoms with Crippen molar-refractivity contribution in [2.24, 2.45) is 5.73 Å². The summed E-state index contributed by atoms with van der Waals surface area (Å²) < 4.78 is 30.1. The minimum absolute atomic E-state index is 0.0277. The maximum atomic E-state index is 12.7. The van der Waals surface area contributed by atoms with Crippen molar-refractivity contribution < 1.29 is 8.42 Å². The van der Waals surface area contributed by atoms with Crippen LogP contribution in [0.1, 0.15) is 44.9 Å². The molecule has 21 heavy (non-hydrogen) atoms. The lowest BCUT2D eigenvalue weighted by Gasteiger charge is -2.36. The summed E-state index contributed by atoms with van der Waals surface area (Å²) in [7, 11) is -3.40. The highest BCUT2D eigenvalue weighted by atomic mass is 32.2. The van der Waals surface area contributed by atoms with Crippen molar-refractivity contribution in [2.45, 2.75) is 63.1 Å². The van der Waals surface area contributed by atoms with Gasteiger partial charge in [-0.05, 0) is 38.6 Å². The SMILES string of the molecule is NCC1CCCCN1S(=O)(=O)NC1CCN2CCCCC12. The molecule has 0 spiro atoms. The predicted molar refractivity (Wildman–Crippen MR) is 83.1 cm³/mol. The van der Waals surface area contributed by atoms with Gasteiger partial charge in [0.1, 0.15) is 0 Å². The van der Waals surface area contributed by atoms with Crippen molar-refractivity contribution in [1.82, 2.24) is 13.9 Å². The first-order valence-corrected chi connectivity index (χ1v) is 9.79. The maximum Gasteiger partial charge on any atom is 0.280 e. The molecule has 6 nitrogen and oxygen atoms in total. The lowest BCUT2D eigenvalue weighted by atomic mass is 10.00. The van der Waals surface area contributed by atoms with Gasteiger partial charge in [-0.3, -0.25) is 4.90 Å². The molecule has 3 aliphatic rings. The zero-order chi connectivity index (χ0) is 14.9. The number of rotatable bonds is 4. The molecule has 3 heterocycles. The lowest BCUT2D eigenvalue weighted by Crippen LogP contribution is -2.55. The Labute approximate surface area is 128 Å². The van der Waals surface area contributed by atoms with Crippen LogP contribution in [0.3, 0.4) is 0 Å². The molecular weight excluding hydrogens is 288 g/mol. The molecule has 0 aromatic carbocycles. The average molecular weight is 316 g/mol. The van der Waals surface area contributed by atoms with Gasteiger partial charge in [-0.1, -0.05) is 12.8 Å². The Hall–Kier alpha value is -0.210. The van der Waals surface area contributed by atoms with E-state index in [9.17, 15) is 8.42 Å². The molecule has 3 aliphatic heterocycles. The summed E-state index contributed by atoms with van der Waals surface area (Å²) in [5.41, 5.74) is 5.76. The first-order chi connectivity index (χ1) is 10.1. The van der Waals surface area contributed by atoms with Gasteiger partial charge in [0.15, 0.2) is 0 Å². The van der Waals surface area contributed by atoms with Crippen LogP contribution in [0.25, 0.3) is 0 Å². The van der Waals surface area contributed by atoms with E-state index in [1.807, 2.05) is 0 Å². The Bertz CT molecular complexity index is 456. The van der Waals surface area contributed by atoms with Crippen LogP contribution < -0.4 is 10.5 Å². The molecule has 3 atom stereocenters. The molecule has 3 saturated heterocycles. The van der Waals surface area contributed by atoms with Crippen LogP contribution in [0.2, 0.25) is 0 Å². The highest BCUT2D eigenvalue weighted by molar-refractivity contribution is 7.87. The Morgan fingerprint density at radius 2 is 1.76 bits per heavy atom. The first kappa shape index (κ1) is 15.7. The van der Waals surface area contributed by atoms with E-state index in [-0.39, 0.29) is 12.1 Å². The van der Waals surface area contributed by atoms with E-state index in [1.165, 1.54) is 12.8 Å². The van der Waals surface area contributed by atoms with Crippen molar-refractivity contribution in [2.75, 3.05) is 26.2 Å². The summed E-state index contributed by atoms with van der Waals surface area (Å²) >= 11 is 0. The standard InChI is InChI=1S/C14H28N4O2S/c15-11-12-5-1-4-9-18(12)21(19,20)16-13-7-10-17-8-3-2-6-14(13)17/h12-14,16H,1-11,15H2. The molecule has 0 bridgehead atoms. The van der Waals surface area contributed by atoms with Gasteiger partial charge in [0.2, 0.25) is 0 Å². The maximum absolute atomic E-state index is 12.7. The number of nitrogens with two attached hydrogens (primary N) is 1. The van der Waals surface area contributed by atoms with Crippen LogP contribution in [0.4, 0.5) is 0 Å². The highest BCUT2D eigenvalue weighted by Crippen LogP contribution is 2.28. The number of piperidine rings is 2. The number of nitrogens with zero attached hydrogens (tertiary/aromatic N) is 2. The number of nitrogens with one attached hydrogen (secondary N) is 1. The molecule has 3 unspecified atom stereocenters. The molecule has 0 radical (unpaired) electrons. The number of hydrogen-bond acceptors (Lipinski definition) is 4. The van der Waals surface area contributed by atoms with Gasteiger partial charge in [-0.2, -0.15) is 17.4 Å². The second-order valence-electron chi connectivity index (χ2n) is 6.61. The summed E-state index contributed by atoms with van der Waals surface area (Å²) in [6.45, 7) is 3.18. The summed E-state index contributed by atoms with van der Waals surface area (Å²) in [5, 5.41) is 0. The van der Waals surface area contributed by atoms with Crippen LogP contribution in [-0.4, -0.2) is 61.9 Å². The van der Waals surface area contributed by atoms with Crippen LogP contribution >= 0.6 is 0 Å². The van der Waals surface area contributed by atoms with Gasteiger partial charge >= 0.3 is 0 Å². The van der Waals surface area contributed by atoms with Crippen LogP contribution in [0.15, 0.2) is 0 Å². The topological polar surface area (TPSA) is 78.7 Å². The molecule has 3 rings (SSSR count). The van der Waals surface area contributed by atoms with Crippen molar-refractivity contribution in [1.29, 1.82) is 0 Å². The van der Waals surface area contributed by atoms with Gasteiger partial charge in [0.05, 0.1) is 0 Å². The van der Waals surface area contributed by atoms with E-state index >= 15 is 0 Å². The van der Waals surface area contributed by atoms with Gasteiger partial charge in [-0.15, -0.1) is 0 Å². The third-order valence-corrected chi connectivity index (χ3v) is 7.01. The average Bonchev–Trinajstić information content (AvgIpc) is 2.90. The quantitative estimate of drug-likeness (QED) is 0.780. The van der Waals surface area contributed by atoms with Crippen LogP contribution in [0, 0.1) is 0 Å². The normalized spacial score (nSPS) is 35.8. The molecule has 3 fully saturated rings. The summed E-state index contributed by atoms with van der Waals surface area (Å²) in [6.07, 6.45) is 7.42. The van der Waals surface area contributed by atoms with Crippen molar-refractivity contribution >= 4 is 10.2 Å². The van der Waals surface area contributed by atoms with E-state index in [1.54, 1.807) is 4.31 Å². The van der Waals surface area contributed by atoms with E-state index in [2.05, 4.69) is 9.62 Å². The molecule has 0 amide bonds. The molecule has 7 heteroatoms. The Kier molecular flexibility index (Phi) is 4.85. The first-order valence-electron chi connectivity index (χ1n) is 8.35. The second kappa shape index (κ2) is 6.50. The fourth-order valence-corrected chi connectivity index (χ4v) is 5.92. The zero-order valence-electron chi connectivity index (χ0n) is 12.7. The lowest BCUT2D eigenvalue weighted by molar-refractivity contribution is 0.184. The third kappa shape index (κ3) is 3.27. The fraction of sp³-hybridized carbons (Fsp3) is 1.00. The Morgan fingerprint density at radius 1 is 1.00 bits per heavy atom. The largest absolute Gasteiger partial charge is 0.329 e. The number of fused-ring (bicyclic) bond motifs is 1. The minimum atomic E-state index is -3.40. The Morgan fingerprint density at radius 3 is 2.57 bits per heavy atom. The molecule has 0 saturated carbocycles. The van der Waals surface area contributed by atoms with Gasteiger partial charge in [0.25, 0.3) is 10.2 Å². The van der Waals surface area contributed by atoms with Crippen molar-refractivity contribution in [3.63, 3.8) is 0 Å². The van der Waals surface area contributed by atoms with Gasteiger partial charge in [0, 0.05) is 37.8 Å². The smallest absolute Gasteiger partial charge is 0.280 e. The second-order valence-corrected chi connectivity index (χ2v) is 8.27. The summed E-state index contributed by atoms with van der Waals surface area (Å²) in [6, 6.07) is 0.449. The van der Waals surface area contributed by atoms with E-state index < -0.39 is 10.2 Å². The van der Waals surface area contributed by atoms with Crippen molar-refractivity contribution in [3.05, 3.63) is 0 Å².